The molecule has 2 heterocycles. The topological polar surface area (TPSA) is 46.0 Å². The van der Waals surface area contributed by atoms with Crippen molar-refractivity contribution in [2.24, 2.45) is 0 Å². The lowest BCUT2D eigenvalue weighted by molar-refractivity contribution is 0.0778. The Morgan fingerprint density at radius 3 is 2.67 bits per heavy atom. The summed E-state index contributed by atoms with van der Waals surface area (Å²) in [6.45, 7) is 0.530. The zero-order valence-corrected chi connectivity index (χ0v) is 13.5. The molecule has 0 saturated carbocycles. The average molecular weight is 380 g/mol. The molecule has 128 valence electrons. The van der Waals surface area contributed by atoms with Crippen LogP contribution in [0.3, 0.4) is 0 Å². The van der Waals surface area contributed by atoms with Crippen molar-refractivity contribution >= 4 is 34.6 Å². The molecule has 0 bridgehead atoms. The molecular weight excluding hydrogens is 370 g/mol. The molecule has 1 aromatic carbocycles. The van der Waals surface area contributed by atoms with E-state index in [1.807, 2.05) is 0 Å². The molecule has 0 radical (unpaired) electrons. The standard InChI is InChI=1S/C13H10ClF4N5S/c14-13(17,18)11-21-20-10-6-22(3-4-23(10)11)12(24)19-9-2-1-7(15)5-8(9)16/h1-2,5H,3-4,6H2,(H,19,24). The monoisotopic (exact) mass is 379 g/mol. The number of benzene rings is 1. The number of anilines is 1. The van der Waals surface area contributed by atoms with Crippen molar-refractivity contribution in [1.29, 1.82) is 0 Å². The van der Waals surface area contributed by atoms with Crippen LogP contribution in [-0.4, -0.2) is 31.3 Å². The molecular formula is C13H10ClF4N5S. The molecule has 5 nitrogen and oxygen atoms in total. The van der Waals surface area contributed by atoms with Crippen LogP contribution in [0.2, 0.25) is 0 Å². The Balaban J connectivity index is 1.73. The average Bonchev–Trinajstić information content (AvgIpc) is 2.93. The molecule has 2 aromatic rings. The van der Waals surface area contributed by atoms with Crippen molar-refractivity contribution < 1.29 is 17.6 Å². The number of alkyl halides is 3. The van der Waals surface area contributed by atoms with E-state index in [1.165, 1.54) is 10.6 Å². The molecule has 0 fully saturated rings. The Morgan fingerprint density at radius 1 is 1.25 bits per heavy atom. The Kier molecular flexibility index (Phi) is 4.35. The minimum absolute atomic E-state index is 0.0152. The fourth-order valence-corrected chi connectivity index (χ4v) is 2.73. The molecule has 0 unspecified atom stereocenters. The van der Waals surface area contributed by atoms with Crippen molar-refractivity contribution in [3.8, 4) is 0 Å². The quantitative estimate of drug-likeness (QED) is 0.493. The Labute approximate surface area is 144 Å². The van der Waals surface area contributed by atoms with E-state index in [2.05, 4.69) is 15.5 Å². The highest BCUT2D eigenvalue weighted by atomic mass is 35.5. The summed E-state index contributed by atoms with van der Waals surface area (Å²) < 4.78 is 54.2. The van der Waals surface area contributed by atoms with E-state index in [-0.39, 0.29) is 36.3 Å². The molecule has 0 atom stereocenters. The van der Waals surface area contributed by atoms with Gasteiger partial charge in [0.25, 0.3) is 0 Å². The third-order valence-electron chi connectivity index (χ3n) is 3.47. The van der Waals surface area contributed by atoms with Gasteiger partial charge in [0.05, 0.1) is 12.2 Å². The van der Waals surface area contributed by atoms with Crippen molar-refractivity contribution in [2.45, 2.75) is 18.5 Å². The van der Waals surface area contributed by atoms with Gasteiger partial charge in [-0.3, -0.25) is 0 Å². The zero-order valence-electron chi connectivity index (χ0n) is 11.9. The van der Waals surface area contributed by atoms with Gasteiger partial charge in [0.2, 0.25) is 5.82 Å². The summed E-state index contributed by atoms with van der Waals surface area (Å²) in [5.41, 5.74) is 0.0152. The number of rotatable bonds is 2. The lowest BCUT2D eigenvalue weighted by atomic mass is 10.3. The molecule has 0 spiro atoms. The van der Waals surface area contributed by atoms with E-state index >= 15 is 0 Å². The number of thiocarbonyl (C=S) groups is 1. The number of nitrogens with one attached hydrogen (secondary N) is 1. The van der Waals surface area contributed by atoms with Gasteiger partial charge in [-0.05, 0) is 36.0 Å². The lowest BCUT2D eigenvalue weighted by Gasteiger charge is -2.30. The number of fused-ring (bicyclic) bond motifs is 1. The molecule has 11 heteroatoms. The van der Waals surface area contributed by atoms with Gasteiger partial charge in [0.1, 0.15) is 11.6 Å². The second-order valence-electron chi connectivity index (χ2n) is 5.07. The van der Waals surface area contributed by atoms with E-state index in [9.17, 15) is 17.6 Å². The van der Waals surface area contributed by atoms with Crippen LogP contribution in [0.5, 0.6) is 0 Å². The molecule has 1 aliphatic heterocycles. The summed E-state index contributed by atoms with van der Waals surface area (Å²) in [7, 11) is 0. The maximum absolute atomic E-state index is 13.6. The predicted octanol–water partition coefficient (Wildman–Crippen LogP) is 3.06. The highest BCUT2D eigenvalue weighted by molar-refractivity contribution is 7.80. The van der Waals surface area contributed by atoms with Crippen molar-refractivity contribution in [1.82, 2.24) is 19.7 Å². The zero-order chi connectivity index (χ0) is 17.5. The Morgan fingerprint density at radius 2 is 2.00 bits per heavy atom. The van der Waals surface area contributed by atoms with Crippen molar-refractivity contribution in [3.05, 3.63) is 41.5 Å². The SMILES string of the molecule is Fc1ccc(NC(=S)N2CCn3c(nnc3C(F)(F)Cl)C2)c(F)c1. The van der Waals surface area contributed by atoms with Gasteiger partial charge in [0.15, 0.2) is 10.9 Å². The molecule has 1 aromatic heterocycles. The number of hydrogen-bond acceptors (Lipinski definition) is 3. The first-order chi connectivity index (χ1) is 11.3. The van der Waals surface area contributed by atoms with Gasteiger partial charge < -0.3 is 14.8 Å². The van der Waals surface area contributed by atoms with Crippen molar-refractivity contribution in [2.75, 3.05) is 11.9 Å². The third kappa shape index (κ3) is 3.29. The summed E-state index contributed by atoms with van der Waals surface area (Å²) >= 11 is 10.2. The summed E-state index contributed by atoms with van der Waals surface area (Å²) in [5.74, 6) is -1.85. The van der Waals surface area contributed by atoms with E-state index in [0.29, 0.717) is 0 Å². The van der Waals surface area contributed by atoms with Gasteiger partial charge in [-0.2, -0.15) is 8.78 Å². The molecule has 0 amide bonds. The van der Waals surface area contributed by atoms with Crippen LogP contribution < -0.4 is 5.32 Å². The summed E-state index contributed by atoms with van der Waals surface area (Å²) in [4.78, 5) is 1.61. The highest BCUT2D eigenvalue weighted by Gasteiger charge is 2.37. The van der Waals surface area contributed by atoms with Gasteiger partial charge >= 0.3 is 5.38 Å². The van der Waals surface area contributed by atoms with E-state index in [0.717, 1.165) is 12.1 Å². The first-order valence-corrected chi connectivity index (χ1v) is 7.54. The van der Waals surface area contributed by atoms with Crippen LogP contribution >= 0.6 is 23.8 Å². The molecule has 3 rings (SSSR count). The molecule has 1 N–H and O–H groups in total. The summed E-state index contributed by atoms with van der Waals surface area (Å²) in [6.07, 6.45) is 0. The summed E-state index contributed by atoms with van der Waals surface area (Å²) in [5, 5.41) is 6.31. The first-order valence-electron chi connectivity index (χ1n) is 6.76. The van der Waals surface area contributed by atoms with E-state index in [4.69, 9.17) is 23.8 Å². The number of aromatic nitrogens is 3. The fourth-order valence-electron chi connectivity index (χ4n) is 2.33. The smallest absolute Gasteiger partial charge is 0.340 e. The van der Waals surface area contributed by atoms with Crippen LogP contribution in [0.25, 0.3) is 0 Å². The van der Waals surface area contributed by atoms with Gasteiger partial charge in [-0.25, -0.2) is 8.78 Å². The number of hydrogen-bond donors (Lipinski definition) is 1. The Bertz CT molecular complexity index is 791. The number of nitrogens with zero attached hydrogens (tertiary/aromatic N) is 4. The fraction of sp³-hybridized carbons (Fsp3) is 0.308. The van der Waals surface area contributed by atoms with E-state index in [1.54, 1.807) is 4.90 Å². The second-order valence-corrected chi connectivity index (χ2v) is 5.93. The van der Waals surface area contributed by atoms with Gasteiger partial charge in [-0.1, -0.05) is 0 Å². The van der Waals surface area contributed by atoms with Crippen LogP contribution in [0, 0.1) is 11.6 Å². The minimum atomic E-state index is -3.61. The van der Waals surface area contributed by atoms with E-state index < -0.39 is 22.8 Å². The predicted molar refractivity (Wildman–Crippen MR) is 82.8 cm³/mol. The van der Waals surface area contributed by atoms with Crippen LogP contribution in [0.4, 0.5) is 23.2 Å². The third-order valence-corrected chi connectivity index (χ3v) is 4.00. The van der Waals surface area contributed by atoms with Gasteiger partial charge in [0, 0.05) is 19.2 Å². The Hall–Kier alpha value is -1.94. The second kappa shape index (κ2) is 6.17. The number of halogens is 5. The molecule has 0 aliphatic carbocycles. The normalized spacial score (nSPS) is 14.5. The minimum Gasteiger partial charge on any atom is -0.340 e. The summed E-state index contributed by atoms with van der Waals surface area (Å²) in [6, 6.07) is 3.04. The first kappa shape index (κ1) is 16.9. The molecule has 24 heavy (non-hydrogen) atoms. The van der Waals surface area contributed by atoms with Crippen molar-refractivity contribution in [3.63, 3.8) is 0 Å². The molecule has 0 saturated heterocycles. The maximum Gasteiger partial charge on any atom is 0.381 e. The highest BCUT2D eigenvalue weighted by Crippen LogP contribution is 2.32. The lowest BCUT2D eigenvalue weighted by Crippen LogP contribution is -2.41. The van der Waals surface area contributed by atoms with Gasteiger partial charge in [-0.15, -0.1) is 10.2 Å². The molecule has 1 aliphatic rings. The van der Waals surface area contributed by atoms with Crippen LogP contribution in [0.15, 0.2) is 18.2 Å². The maximum atomic E-state index is 13.6. The van der Waals surface area contributed by atoms with Crippen LogP contribution in [-0.2, 0) is 18.5 Å². The van der Waals surface area contributed by atoms with Crippen LogP contribution in [0.1, 0.15) is 11.6 Å². The largest absolute Gasteiger partial charge is 0.381 e.